The van der Waals surface area contributed by atoms with Crippen molar-refractivity contribution in [2.75, 3.05) is 12.3 Å². The van der Waals surface area contributed by atoms with E-state index in [1.54, 1.807) is 6.07 Å². The molecule has 0 aliphatic heterocycles. The minimum Gasteiger partial charge on any atom is -0.478 e. The molecule has 2 aromatic rings. The van der Waals surface area contributed by atoms with Crippen molar-refractivity contribution in [2.24, 2.45) is 0 Å². The summed E-state index contributed by atoms with van der Waals surface area (Å²) in [5, 5.41) is 17.9. The number of para-hydroxylation sites is 1. The average molecular weight is 273 g/mol. The van der Waals surface area contributed by atoms with Crippen LogP contribution in [0.5, 0.6) is 11.5 Å². The smallest absolute Gasteiger partial charge is 0.335 e. The Bertz CT molecular complexity index is 625. The first-order valence-electron chi connectivity index (χ1n) is 6.11. The quantitative estimate of drug-likeness (QED) is 0.727. The van der Waals surface area contributed by atoms with E-state index in [9.17, 15) is 4.79 Å². The zero-order valence-corrected chi connectivity index (χ0v) is 10.7. The fraction of sp³-hybridized carbons (Fsp3) is 0.133. The predicted octanol–water partition coefficient (Wildman–Crippen LogP) is 2.29. The highest BCUT2D eigenvalue weighted by Gasteiger charge is 2.09. The van der Waals surface area contributed by atoms with Crippen molar-refractivity contribution >= 4 is 11.7 Å². The summed E-state index contributed by atoms with van der Waals surface area (Å²) in [5.74, 6) is -0.0550. The highest BCUT2D eigenvalue weighted by Crippen LogP contribution is 2.30. The Balaban J connectivity index is 2.28. The zero-order chi connectivity index (χ0) is 14.5. The second-order valence-electron chi connectivity index (χ2n) is 4.24. The second kappa shape index (κ2) is 6.08. The number of ether oxygens (including phenoxy) is 1. The predicted molar refractivity (Wildman–Crippen MR) is 75.1 cm³/mol. The van der Waals surface area contributed by atoms with Gasteiger partial charge in [-0.1, -0.05) is 18.2 Å². The lowest BCUT2D eigenvalue weighted by Crippen LogP contribution is -2.00. The van der Waals surface area contributed by atoms with Gasteiger partial charge in [0.05, 0.1) is 11.3 Å². The number of benzene rings is 2. The van der Waals surface area contributed by atoms with Crippen LogP contribution in [0.3, 0.4) is 0 Å². The summed E-state index contributed by atoms with van der Waals surface area (Å²) in [7, 11) is 0. The lowest BCUT2D eigenvalue weighted by Gasteiger charge is -2.12. The SMILES string of the molecule is Nc1cc(C(=O)O)ccc1Oc1ccccc1CCO. The summed E-state index contributed by atoms with van der Waals surface area (Å²) in [4.78, 5) is 10.8. The molecular formula is C15H15NO4. The molecule has 0 bridgehead atoms. The van der Waals surface area contributed by atoms with E-state index in [4.69, 9.17) is 20.7 Å². The first-order valence-corrected chi connectivity index (χ1v) is 6.11. The van der Waals surface area contributed by atoms with Gasteiger partial charge in [0.1, 0.15) is 11.5 Å². The zero-order valence-electron chi connectivity index (χ0n) is 10.7. The van der Waals surface area contributed by atoms with Crippen molar-refractivity contribution in [3.63, 3.8) is 0 Å². The van der Waals surface area contributed by atoms with Gasteiger partial charge in [-0.25, -0.2) is 4.79 Å². The number of aliphatic hydroxyl groups is 1. The molecule has 0 heterocycles. The molecule has 2 aromatic carbocycles. The number of rotatable bonds is 5. The molecule has 0 saturated carbocycles. The van der Waals surface area contributed by atoms with Gasteiger partial charge in [-0.05, 0) is 36.2 Å². The lowest BCUT2D eigenvalue weighted by atomic mass is 10.1. The summed E-state index contributed by atoms with van der Waals surface area (Å²) < 4.78 is 5.70. The van der Waals surface area contributed by atoms with Crippen LogP contribution in [0.25, 0.3) is 0 Å². The molecule has 0 aliphatic rings. The molecule has 4 N–H and O–H groups in total. The van der Waals surface area contributed by atoms with Gasteiger partial charge in [-0.3, -0.25) is 0 Å². The largest absolute Gasteiger partial charge is 0.478 e. The third-order valence-electron chi connectivity index (χ3n) is 2.83. The number of nitrogen functional groups attached to an aromatic ring is 1. The highest BCUT2D eigenvalue weighted by molar-refractivity contribution is 5.89. The van der Waals surface area contributed by atoms with Crippen LogP contribution in [0.2, 0.25) is 0 Å². The molecule has 0 unspecified atom stereocenters. The van der Waals surface area contributed by atoms with Crippen LogP contribution in [-0.4, -0.2) is 22.8 Å². The van der Waals surface area contributed by atoms with E-state index in [0.29, 0.717) is 17.9 Å². The molecule has 0 saturated heterocycles. The molecule has 0 aliphatic carbocycles. The van der Waals surface area contributed by atoms with E-state index in [-0.39, 0.29) is 17.9 Å². The van der Waals surface area contributed by atoms with Crippen molar-refractivity contribution < 1.29 is 19.7 Å². The number of carboxylic acid groups (broad SMARTS) is 1. The molecule has 2 rings (SSSR count). The van der Waals surface area contributed by atoms with Crippen LogP contribution in [0.15, 0.2) is 42.5 Å². The maximum absolute atomic E-state index is 10.8. The molecule has 0 aromatic heterocycles. The van der Waals surface area contributed by atoms with Crippen LogP contribution < -0.4 is 10.5 Å². The Kier molecular flexibility index (Phi) is 4.22. The van der Waals surface area contributed by atoms with Gasteiger partial charge in [0.15, 0.2) is 0 Å². The molecule has 20 heavy (non-hydrogen) atoms. The number of nitrogens with two attached hydrogens (primary N) is 1. The number of hydrogen-bond acceptors (Lipinski definition) is 4. The Morgan fingerprint density at radius 2 is 1.90 bits per heavy atom. The van der Waals surface area contributed by atoms with Gasteiger partial charge in [-0.15, -0.1) is 0 Å². The highest BCUT2D eigenvalue weighted by atomic mass is 16.5. The minimum atomic E-state index is -1.04. The molecule has 0 fully saturated rings. The summed E-state index contributed by atoms with van der Waals surface area (Å²) in [6.07, 6.45) is 0.475. The van der Waals surface area contributed by atoms with Gasteiger partial charge in [0.2, 0.25) is 0 Å². The molecule has 0 spiro atoms. The molecule has 0 radical (unpaired) electrons. The van der Waals surface area contributed by atoms with Crippen molar-refractivity contribution in [2.45, 2.75) is 6.42 Å². The topological polar surface area (TPSA) is 92.8 Å². The first-order chi connectivity index (χ1) is 9.61. The van der Waals surface area contributed by atoms with Crippen molar-refractivity contribution in [1.82, 2.24) is 0 Å². The third kappa shape index (κ3) is 3.07. The third-order valence-corrected chi connectivity index (χ3v) is 2.83. The van der Waals surface area contributed by atoms with E-state index >= 15 is 0 Å². The molecule has 5 heteroatoms. The second-order valence-corrected chi connectivity index (χ2v) is 4.24. The molecular weight excluding hydrogens is 258 g/mol. The fourth-order valence-corrected chi connectivity index (χ4v) is 1.82. The Morgan fingerprint density at radius 3 is 2.55 bits per heavy atom. The van der Waals surface area contributed by atoms with E-state index in [0.717, 1.165) is 5.56 Å². The summed E-state index contributed by atoms with van der Waals surface area (Å²) in [6.45, 7) is 0.0216. The van der Waals surface area contributed by atoms with E-state index < -0.39 is 5.97 Å². The minimum absolute atomic E-state index is 0.0216. The van der Waals surface area contributed by atoms with Gasteiger partial charge in [0.25, 0.3) is 0 Å². The number of aliphatic hydroxyl groups excluding tert-OH is 1. The van der Waals surface area contributed by atoms with Crippen LogP contribution in [0.1, 0.15) is 15.9 Å². The molecule has 0 amide bonds. The van der Waals surface area contributed by atoms with Crippen molar-refractivity contribution in [3.05, 3.63) is 53.6 Å². The molecule has 0 atom stereocenters. The molecule has 104 valence electrons. The van der Waals surface area contributed by atoms with E-state index in [2.05, 4.69) is 0 Å². The maximum atomic E-state index is 10.8. The van der Waals surface area contributed by atoms with Crippen molar-refractivity contribution in [1.29, 1.82) is 0 Å². The number of aromatic carboxylic acids is 1. The standard InChI is InChI=1S/C15H15NO4/c16-12-9-11(15(18)19)5-6-14(12)20-13-4-2-1-3-10(13)7-8-17/h1-6,9,17H,7-8,16H2,(H,18,19). The van der Waals surface area contributed by atoms with Gasteiger partial charge in [-0.2, -0.15) is 0 Å². The number of carbonyl (C=O) groups is 1. The van der Waals surface area contributed by atoms with Crippen LogP contribution in [0, 0.1) is 0 Å². The number of carboxylic acids is 1. The monoisotopic (exact) mass is 273 g/mol. The van der Waals surface area contributed by atoms with Crippen LogP contribution in [0.4, 0.5) is 5.69 Å². The first kappa shape index (κ1) is 13.9. The number of hydrogen-bond donors (Lipinski definition) is 3. The summed E-state index contributed by atoms with van der Waals surface area (Å²) in [5.41, 5.74) is 7.01. The summed E-state index contributed by atoms with van der Waals surface area (Å²) >= 11 is 0. The summed E-state index contributed by atoms with van der Waals surface area (Å²) in [6, 6.07) is 11.6. The Morgan fingerprint density at radius 1 is 1.15 bits per heavy atom. The van der Waals surface area contributed by atoms with Crippen LogP contribution >= 0.6 is 0 Å². The Labute approximate surface area is 116 Å². The fourth-order valence-electron chi connectivity index (χ4n) is 1.82. The Hall–Kier alpha value is -2.53. The van der Waals surface area contributed by atoms with E-state index in [1.165, 1.54) is 18.2 Å². The normalized spacial score (nSPS) is 10.2. The lowest BCUT2D eigenvalue weighted by molar-refractivity contribution is 0.0697. The maximum Gasteiger partial charge on any atom is 0.335 e. The van der Waals surface area contributed by atoms with Gasteiger partial charge < -0.3 is 20.7 Å². The van der Waals surface area contributed by atoms with Gasteiger partial charge >= 0.3 is 5.97 Å². The van der Waals surface area contributed by atoms with Crippen molar-refractivity contribution in [3.8, 4) is 11.5 Å². The average Bonchev–Trinajstić information content (AvgIpc) is 2.43. The molecule has 5 nitrogen and oxygen atoms in total. The number of anilines is 1. The van der Waals surface area contributed by atoms with Gasteiger partial charge in [0, 0.05) is 6.61 Å². The van der Waals surface area contributed by atoms with Crippen LogP contribution in [-0.2, 0) is 6.42 Å². The van der Waals surface area contributed by atoms with E-state index in [1.807, 2.05) is 18.2 Å².